The molecule has 5 heteroatoms. The molecule has 0 aliphatic carbocycles. The van der Waals surface area contributed by atoms with Crippen molar-refractivity contribution >= 4 is 7.60 Å². The lowest BCUT2D eigenvalue weighted by Gasteiger charge is -2.27. The Morgan fingerprint density at radius 2 is 1.67 bits per heavy atom. The molecule has 0 spiro atoms. The molecule has 0 saturated carbocycles. The number of nitrogens with zero attached hydrogens (tertiary/aromatic N) is 1. The summed E-state index contributed by atoms with van der Waals surface area (Å²) < 4.78 is 10.8. The molecule has 0 amide bonds. The van der Waals surface area contributed by atoms with Crippen molar-refractivity contribution in [3.63, 3.8) is 0 Å². The predicted molar refractivity (Wildman–Crippen MR) is 63.1 cm³/mol. The first-order chi connectivity index (χ1) is 6.72. The molecule has 0 radical (unpaired) electrons. The molecule has 92 valence electrons. The van der Waals surface area contributed by atoms with E-state index in [1.165, 1.54) is 0 Å². The van der Waals surface area contributed by atoms with Gasteiger partial charge in [-0.3, -0.25) is 4.57 Å². The molecule has 4 nitrogen and oxygen atoms in total. The van der Waals surface area contributed by atoms with Gasteiger partial charge < -0.3 is 14.7 Å². The van der Waals surface area contributed by atoms with Crippen LogP contribution in [-0.2, 0) is 4.57 Å². The average Bonchev–Trinajstić information content (AvgIpc) is 2.00. The van der Waals surface area contributed by atoms with Gasteiger partial charge in [-0.25, -0.2) is 0 Å². The molecule has 0 bridgehead atoms. The van der Waals surface area contributed by atoms with Gasteiger partial charge in [-0.2, -0.15) is 0 Å². The zero-order chi connectivity index (χ0) is 12.1. The van der Waals surface area contributed by atoms with Crippen molar-refractivity contribution in [2.24, 2.45) is 5.92 Å². The summed E-state index contributed by atoms with van der Waals surface area (Å²) in [7, 11) is -3.85. The summed E-state index contributed by atoms with van der Waals surface area (Å²) >= 11 is 0. The third-order valence-corrected chi connectivity index (χ3v) is 3.19. The molecule has 0 heterocycles. The Bertz CT molecular complexity index is 213. The highest BCUT2D eigenvalue weighted by molar-refractivity contribution is 7.51. The van der Waals surface area contributed by atoms with Crippen LogP contribution in [-0.4, -0.2) is 40.0 Å². The quantitative estimate of drug-likeness (QED) is 0.664. The van der Waals surface area contributed by atoms with E-state index in [1.54, 1.807) is 0 Å². The molecule has 0 rings (SSSR count). The summed E-state index contributed by atoms with van der Waals surface area (Å²) in [6.07, 6.45) is 1.03. The monoisotopic (exact) mass is 237 g/mol. The fourth-order valence-electron chi connectivity index (χ4n) is 1.31. The van der Waals surface area contributed by atoms with Gasteiger partial charge in [0.15, 0.2) is 0 Å². The molecule has 0 aromatic rings. The minimum absolute atomic E-state index is 0.0384. The Labute approximate surface area is 92.8 Å². The lowest BCUT2D eigenvalue weighted by atomic mass is 10.1. The first-order valence-corrected chi connectivity index (χ1v) is 7.30. The van der Waals surface area contributed by atoms with E-state index in [0.29, 0.717) is 18.5 Å². The molecule has 0 aromatic carbocycles. The highest BCUT2D eigenvalue weighted by atomic mass is 31.2. The standard InChI is InChI=1S/C10H24NO3P/c1-9(2)5-6-11(10(3)4)7-8-15(12,13)14/h9-10H,5-8H2,1-4H3,(H2,12,13,14). The van der Waals surface area contributed by atoms with Crippen molar-refractivity contribution in [2.75, 3.05) is 19.3 Å². The zero-order valence-electron chi connectivity index (χ0n) is 10.2. The van der Waals surface area contributed by atoms with Gasteiger partial charge in [0.25, 0.3) is 0 Å². The van der Waals surface area contributed by atoms with Crippen molar-refractivity contribution < 1.29 is 14.4 Å². The number of hydrogen-bond acceptors (Lipinski definition) is 2. The van der Waals surface area contributed by atoms with Crippen molar-refractivity contribution in [1.82, 2.24) is 4.90 Å². The minimum atomic E-state index is -3.85. The van der Waals surface area contributed by atoms with E-state index in [9.17, 15) is 4.57 Å². The molecule has 2 N–H and O–H groups in total. The predicted octanol–water partition coefficient (Wildman–Crippen LogP) is 1.92. The van der Waals surface area contributed by atoms with Gasteiger partial charge in [-0.1, -0.05) is 13.8 Å². The molecule has 0 aromatic heterocycles. The summed E-state index contributed by atoms with van der Waals surface area (Å²) in [6, 6.07) is 0.343. The molecular weight excluding hydrogens is 213 g/mol. The van der Waals surface area contributed by atoms with Crippen LogP contribution in [0, 0.1) is 5.92 Å². The summed E-state index contributed by atoms with van der Waals surface area (Å²) in [5, 5.41) is 0. The highest BCUT2D eigenvalue weighted by Crippen LogP contribution is 2.33. The van der Waals surface area contributed by atoms with Gasteiger partial charge in [0.05, 0.1) is 6.16 Å². The fraction of sp³-hybridized carbons (Fsp3) is 1.00. The summed E-state index contributed by atoms with van der Waals surface area (Å²) in [5.74, 6) is 0.626. The normalized spacial score (nSPS) is 13.1. The van der Waals surface area contributed by atoms with Crippen LogP contribution in [0.1, 0.15) is 34.1 Å². The van der Waals surface area contributed by atoms with Crippen molar-refractivity contribution in [3.8, 4) is 0 Å². The van der Waals surface area contributed by atoms with Crippen LogP contribution in [0.5, 0.6) is 0 Å². The van der Waals surface area contributed by atoms with Crippen LogP contribution in [0.15, 0.2) is 0 Å². The summed E-state index contributed by atoms with van der Waals surface area (Å²) in [6.45, 7) is 9.81. The van der Waals surface area contributed by atoms with Crippen LogP contribution in [0.25, 0.3) is 0 Å². The average molecular weight is 237 g/mol. The molecule has 0 atom stereocenters. The minimum Gasteiger partial charge on any atom is -0.324 e. The Morgan fingerprint density at radius 3 is 2.00 bits per heavy atom. The third kappa shape index (κ3) is 9.06. The van der Waals surface area contributed by atoms with Crippen LogP contribution >= 0.6 is 7.60 Å². The smallest absolute Gasteiger partial charge is 0.324 e. The van der Waals surface area contributed by atoms with Gasteiger partial charge >= 0.3 is 7.60 Å². The van der Waals surface area contributed by atoms with Gasteiger partial charge in [0, 0.05) is 12.6 Å². The van der Waals surface area contributed by atoms with E-state index < -0.39 is 7.60 Å². The maximum Gasteiger partial charge on any atom is 0.326 e. The Kier molecular flexibility index (Phi) is 6.69. The van der Waals surface area contributed by atoms with E-state index in [2.05, 4.69) is 32.6 Å². The number of rotatable bonds is 7. The molecule has 0 saturated heterocycles. The van der Waals surface area contributed by atoms with E-state index in [1.807, 2.05) is 0 Å². The lowest BCUT2D eigenvalue weighted by molar-refractivity contribution is 0.217. The summed E-state index contributed by atoms with van der Waals surface area (Å²) in [5.41, 5.74) is 0. The second-order valence-corrected chi connectivity index (χ2v) is 6.48. The Hall–Kier alpha value is 0.110. The molecule has 0 aliphatic rings. The molecule has 15 heavy (non-hydrogen) atoms. The summed E-state index contributed by atoms with van der Waals surface area (Å²) in [4.78, 5) is 19.7. The number of hydrogen-bond donors (Lipinski definition) is 2. The van der Waals surface area contributed by atoms with Crippen LogP contribution in [0.3, 0.4) is 0 Å². The van der Waals surface area contributed by atoms with Crippen molar-refractivity contribution in [2.45, 2.75) is 40.2 Å². The largest absolute Gasteiger partial charge is 0.326 e. The Balaban J connectivity index is 4.00. The van der Waals surface area contributed by atoms with Gasteiger partial charge in [0.2, 0.25) is 0 Å². The maximum absolute atomic E-state index is 10.8. The van der Waals surface area contributed by atoms with Crippen LogP contribution in [0.2, 0.25) is 0 Å². The second-order valence-electron chi connectivity index (χ2n) is 4.70. The van der Waals surface area contributed by atoms with Gasteiger partial charge in [0.1, 0.15) is 0 Å². The third-order valence-electron chi connectivity index (χ3n) is 2.40. The van der Waals surface area contributed by atoms with E-state index in [4.69, 9.17) is 9.79 Å². The van der Waals surface area contributed by atoms with Crippen molar-refractivity contribution in [1.29, 1.82) is 0 Å². The highest BCUT2D eigenvalue weighted by Gasteiger charge is 2.17. The van der Waals surface area contributed by atoms with Crippen LogP contribution < -0.4 is 0 Å². The Morgan fingerprint density at radius 1 is 1.13 bits per heavy atom. The van der Waals surface area contributed by atoms with E-state index in [0.717, 1.165) is 13.0 Å². The first kappa shape index (κ1) is 15.1. The topological polar surface area (TPSA) is 60.8 Å². The van der Waals surface area contributed by atoms with E-state index >= 15 is 0 Å². The van der Waals surface area contributed by atoms with Gasteiger partial charge in [-0.15, -0.1) is 0 Å². The first-order valence-electron chi connectivity index (χ1n) is 5.51. The molecule has 0 aliphatic heterocycles. The van der Waals surface area contributed by atoms with Crippen LogP contribution in [0.4, 0.5) is 0 Å². The molecule has 0 unspecified atom stereocenters. The van der Waals surface area contributed by atoms with E-state index in [-0.39, 0.29) is 6.16 Å². The maximum atomic E-state index is 10.8. The SMILES string of the molecule is CC(C)CCN(CCP(=O)(O)O)C(C)C. The second kappa shape index (κ2) is 6.64. The lowest BCUT2D eigenvalue weighted by Crippen LogP contribution is -2.34. The van der Waals surface area contributed by atoms with Gasteiger partial charge in [-0.05, 0) is 32.7 Å². The molecular formula is C10H24NO3P. The van der Waals surface area contributed by atoms with Crippen molar-refractivity contribution in [3.05, 3.63) is 0 Å². The molecule has 0 fully saturated rings. The zero-order valence-corrected chi connectivity index (χ0v) is 11.1. The fourth-order valence-corrected chi connectivity index (χ4v) is 1.83.